The van der Waals surface area contributed by atoms with Crippen LogP contribution in [-0.2, 0) is 0 Å². The van der Waals surface area contributed by atoms with Crippen molar-refractivity contribution in [2.24, 2.45) is 0 Å². The van der Waals surface area contributed by atoms with Crippen molar-refractivity contribution >= 4 is 0 Å². The lowest BCUT2D eigenvalue weighted by Gasteiger charge is -1.57. The molecule has 7 aliphatic carbocycles. The van der Waals surface area contributed by atoms with E-state index in [2.05, 4.69) is 170 Å². The summed E-state index contributed by atoms with van der Waals surface area (Å²) in [6, 6.07) is 0. The standard InChI is InChI=1S/7C5H6/c7*1-2-4-5-3-1/h7*1-4H,5H2. The molecule has 0 aliphatic heterocycles. The molecule has 0 amide bonds. The Morgan fingerprint density at radius 1 is 0.143 bits per heavy atom. The SMILES string of the molecule is C1=CCC=C1.C1=CCC=C1.C1=CCC=C1.C1=CCC=C1.C1=CCC=C1.C1=CCC=C1.C1=CCC=C1. The number of rotatable bonds is 0. The van der Waals surface area contributed by atoms with Crippen LogP contribution in [0.15, 0.2) is 170 Å². The van der Waals surface area contributed by atoms with Crippen LogP contribution < -0.4 is 0 Å². The quantitative estimate of drug-likeness (QED) is 0.336. The highest BCUT2D eigenvalue weighted by atomic mass is 13.8. The molecule has 0 radical (unpaired) electrons. The van der Waals surface area contributed by atoms with Gasteiger partial charge in [0.1, 0.15) is 0 Å². The van der Waals surface area contributed by atoms with Gasteiger partial charge in [0, 0.05) is 0 Å². The molecular formula is C35H42. The van der Waals surface area contributed by atoms with E-state index in [1.165, 1.54) is 0 Å². The van der Waals surface area contributed by atoms with Gasteiger partial charge in [-0.2, -0.15) is 0 Å². The molecule has 0 aromatic heterocycles. The van der Waals surface area contributed by atoms with E-state index in [9.17, 15) is 0 Å². The van der Waals surface area contributed by atoms with Gasteiger partial charge in [-0.15, -0.1) is 0 Å². The molecule has 182 valence electrons. The zero-order valence-electron chi connectivity index (χ0n) is 21.1. The van der Waals surface area contributed by atoms with Gasteiger partial charge >= 0.3 is 0 Å². The van der Waals surface area contributed by atoms with Crippen LogP contribution in [0.25, 0.3) is 0 Å². The number of hydrogen-bond donors (Lipinski definition) is 0. The molecule has 0 saturated heterocycles. The van der Waals surface area contributed by atoms with E-state index in [1.54, 1.807) is 0 Å². The lowest BCUT2D eigenvalue weighted by atomic mass is 10.5. The van der Waals surface area contributed by atoms with Crippen molar-refractivity contribution in [3.8, 4) is 0 Å². The van der Waals surface area contributed by atoms with Gasteiger partial charge in [-0.05, 0) is 44.9 Å². The van der Waals surface area contributed by atoms with E-state index in [0.29, 0.717) is 0 Å². The monoisotopic (exact) mass is 462 g/mol. The molecule has 0 heteroatoms. The summed E-state index contributed by atoms with van der Waals surface area (Å²) in [6.07, 6.45) is 66.5. The molecule has 0 saturated carbocycles. The van der Waals surface area contributed by atoms with Gasteiger partial charge in [0.2, 0.25) is 0 Å². The molecule has 0 aromatic rings. The van der Waals surface area contributed by atoms with Crippen molar-refractivity contribution in [3.05, 3.63) is 170 Å². The second-order valence-corrected chi connectivity index (χ2v) is 7.64. The lowest BCUT2D eigenvalue weighted by Crippen LogP contribution is -1.37. The zero-order valence-corrected chi connectivity index (χ0v) is 21.1. The summed E-state index contributed by atoms with van der Waals surface area (Å²) in [5, 5.41) is 0. The molecule has 0 aromatic carbocycles. The fourth-order valence-corrected chi connectivity index (χ4v) is 2.75. The molecule has 0 nitrogen and oxygen atoms in total. The summed E-state index contributed by atoms with van der Waals surface area (Å²) in [4.78, 5) is 0. The van der Waals surface area contributed by atoms with Crippen molar-refractivity contribution in [1.82, 2.24) is 0 Å². The normalized spacial score (nSPS) is 17.6. The smallest absolute Gasteiger partial charge is 0.0163 e. The second-order valence-electron chi connectivity index (χ2n) is 7.64. The maximum Gasteiger partial charge on any atom is -0.0163 e. The molecule has 0 atom stereocenters. The molecular weight excluding hydrogens is 420 g/mol. The first-order chi connectivity index (χ1) is 17.5. The van der Waals surface area contributed by atoms with E-state index < -0.39 is 0 Å². The third-order valence-corrected chi connectivity index (χ3v) is 4.59. The maximum absolute atomic E-state index is 2.12. The van der Waals surface area contributed by atoms with Crippen molar-refractivity contribution in [1.29, 1.82) is 0 Å². The maximum atomic E-state index is 2.12. The van der Waals surface area contributed by atoms with Crippen LogP contribution in [0, 0.1) is 0 Å². The van der Waals surface area contributed by atoms with E-state index >= 15 is 0 Å². The van der Waals surface area contributed by atoms with Crippen molar-refractivity contribution < 1.29 is 0 Å². The van der Waals surface area contributed by atoms with Gasteiger partial charge in [0.15, 0.2) is 0 Å². The molecule has 7 aliphatic rings. The minimum Gasteiger partial charge on any atom is -0.0808 e. The lowest BCUT2D eigenvalue weighted by molar-refractivity contribution is 1.45. The highest BCUT2D eigenvalue weighted by Crippen LogP contribution is 1.96. The molecule has 0 N–H and O–H groups in total. The Morgan fingerprint density at radius 2 is 0.229 bits per heavy atom. The summed E-state index contributed by atoms with van der Waals surface area (Å²) >= 11 is 0. The Hall–Kier alpha value is -3.64. The summed E-state index contributed by atoms with van der Waals surface area (Å²) in [5.74, 6) is 0. The van der Waals surface area contributed by atoms with Crippen LogP contribution in [0.2, 0.25) is 0 Å². The summed E-state index contributed by atoms with van der Waals surface area (Å²) in [5.41, 5.74) is 0. The Morgan fingerprint density at radius 3 is 0.257 bits per heavy atom. The van der Waals surface area contributed by atoms with Gasteiger partial charge in [0.25, 0.3) is 0 Å². The summed E-state index contributed by atoms with van der Waals surface area (Å²) in [7, 11) is 0. The van der Waals surface area contributed by atoms with Crippen molar-refractivity contribution in [3.63, 3.8) is 0 Å². The predicted molar refractivity (Wildman–Crippen MR) is 160 cm³/mol. The summed E-state index contributed by atoms with van der Waals surface area (Å²) < 4.78 is 0. The van der Waals surface area contributed by atoms with E-state index in [0.717, 1.165) is 44.9 Å². The first-order valence-corrected chi connectivity index (χ1v) is 12.7. The van der Waals surface area contributed by atoms with Crippen LogP contribution in [0.1, 0.15) is 44.9 Å². The highest BCUT2D eigenvalue weighted by molar-refractivity contribution is 5.14. The largest absolute Gasteiger partial charge is 0.0808 e. The van der Waals surface area contributed by atoms with E-state index in [1.807, 2.05) is 0 Å². The molecule has 0 heterocycles. The van der Waals surface area contributed by atoms with Gasteiger partial charge in [-0.1, -0.05) is 170 Å². The van der Waals surface area contributed by atoms with Crippen LogP contribution in [0.4, 0.5) is 0 Å². The predicted octanol–water partition coefficient (Wildman–Crippen LogP) is 10.5. The molecule has 0 spiro atoms. The Balaban J connectivity index is 0.000000204. The Kier molecular flexibility index (Phi) is 22.3. The fraction of sp³-hybridized carbons (Fsp3) is 0.200. The number of allylic oxidation sites excluding steroid dienone is 28. The summed E-state index contributed by atoms with van der Waals surface area (Å²) in [6.45, 7) is 0. The van der Waals surface area contributed by atoms with Crippen LogP contribution in [0.5, 0.6) is 0 Å². The fourth-order valence-electron chi connectivity index (χ4n) is 2.75. The van der Waals surface area contributed by atoms with Gasteiger partial charge in [0.05, 0.1) is 0 Å². The van der Waals surface area contributed by atoms with Crippen LogP contribution in [-0.4, -0.2) is 0 Å². The second kappa shape index (κ2) is 26.6. The van der Waals surface area contributed by atoms with Crippen molar-refractivity contribution in [2.45, 2.75) is 44.9 Å². The minimum atomic E-state index is 1.14. The van der Waals surface area contributed by atoms with Crippen molar-refractivity contribution in [2.75, 3.05) is 0 Å². The first-order valence-electron chi connectivity index (χ1n) is 12.7. The van der Waals surface area contributed by atoms with Crippen LogP contribution >= 0.6 is 0 Å². The van der Waals surface area contributed by atoms with Gasteiger partial charge in [-0.25, -0.2) is 0 Å². The zero-order chi connectivity index (χ0) is 24.7. The Labute approximate surface area is 214 Å². The average molecular weight is 463 g/mol. The first kappa shape index (κ1) is 29.4. The van der Waals surface area contributed by atoms with E-state index in [-0.39, 0.29) is 0 Å². The molecule has 35 heavy (non-hydrogen) atoms. The molecule has 0 fully saturated rings. The molecule has 0 unspecified atom stereocenters. The third kappa shape index (κ3) is 24.8. The topological polar surface area (TPSA) is 0 Å². The van der Waals surface area contributed by atoms with Crippen LogP contribution in [0.3, 0.4) is 0 Å². The third-order valence-electron chi connectivity index (χ3n) is 4.59. The number of hydrogen-bond acceptors (Lipinski definition) is 0. The van der Waals surface area contributed by atoms with Gasteiger partial charge < -0.3 is 0 Å². The Bertz CT molecular complexity index is 623. The molecule has 0 bridgehead atoms. The molecule has 7 rings (SSSR count). The minimum absolute atomic E-state index is 1.14. The highest BCUT2D eigenvalue weighted by Gasteiger charge is 1.75. The average Bonchev–Trinajstić information content (AvgIpc) is 3.81. The van der Waals surface area contributed by atoms with E-state index in [4.69, 9.17) is 0 Å². The van der Waals surface area contributed by atoms with Gasteiger partial charge in [-0.3, -0.25) is 0 Å².